The van der Waals surface area contributed by atoms with Crippen LogP contribution < -0.4 is 5.32 Å². The van der Waals surface area contributed by atoms with E-state index in [4.69, 9.17) is 9.84 Å². The molecular weight excluding hydrogens is 234 g/mol. The Hall–Kier alpha value is -2.04. The minimum absolute atomic E-state index is 0.212. The smallest absolute Gasteiger partial charge is 0.404 e. The number of carboxylic acid groups (broad SMARTS) is 1. The van der Waals surface area contributed by atoms with Crippen LogP contribution in [0.4, 0.5) is 4.79 Å². The van der Waals surface area contributed by atoms with Gasteiger partial charge in [0, 0.05) is 6.54 Å². The fourth-order valence-corrected chi connectivity index (χ4v) is 1.27. The first-order chi connectivity index (χ1) is 8.28. The summed E-state index contributed by atoms with van der Waals surface area (Å²) in [6.07, 6.45) is -1.08. The predicted octanol–water partition coefficient (Wildman–Crippen LogP) is 2.41. The molecule has 98 valence electrons. The molecule has 0 heterocycles. The molecule has 5 nitrogen and oxygen atoms in total. The SMILES string of the molecule is CC(C)(C)OC(=O)c1ccc(CNC(=O)O)cc1. The summed E-state index contributed by atoms with van der Waals surface area (Å²) in [6, 6.07) is 6.62. The van der Waals surface area contributed by atoms with Gasteiger partial charge in [-0.2, -0.15) is 0 Å². The number of hydrogen-bond acceptors (Lipinski definition) is 3. The summed E-state index contributed by atoms with van der Waals surface area (Å²) >= 11 is 0. The van der Waals surface area contributed by atoms with Crippen molar-refractivity contribution in [1.82, 2.24) is 5.32 Å². The summed E-state index contributed by atoms with van der Waals surface area (Å²) < 4.78 is 5.21. The summed E-state index contributed by atoms with van der Waals surface area (Å²) in [5, 5.41) is 10.7. The second-order valence-corrected chi connectivity index (χ2v) is 4.86. The fourth-order valence-electron chi connectivity index (χ4n) is 1.27. The Kier molecular flexibility index (Phi) is 4.31. The molecule has 0 fully saturated rings. The largest absolute Gasteiger partial charge is 0.465 e. The minimum Gasteiger partial charge on any atom is -0.465 e. The third kappa shape index (κ3) is 4.86. The molecule has 0 aliphatic carbocycles. The van der Waals surface area contributed by atoms with Crippen LogP contribution in [0.15, 0.2) is 24.3 Å². The quantitative estimate of drug-likeness (QED) is 0.809. The van der Waals surface area contributed by atoms with E-state index in [1.165, 1.54) is 0 Å². The molecule has 1 rings (SSSR count). The van der Waals surface area contributed by atoms with Gasteiger partial charge in [-0.3, -0.25) is 0 Å². The van der Waals surface area contributed by atoms with Gasteiger partial charge in [-0.25, -0.2) is 9.59 Å². The normalized spacial score (nSPS) is 10.8. The van der Waals surface area contributed by atoms with Crippen molar-refractivity contribution >= 4 is 12.1 Å². The van der Waals surface area contributed by atoms with Crippen molar-refractivity contribution in [2.45, 2.75) is 32.9 Å². The number of benzene rings is 1. The lowest BCUT2D eigenvalue weighted by Gasteiger charge is -2.19. The predicted molar refractivity (Wildman–Crippen MR) is 66.5 cm³/mol. The van der Waals surface area contributed by atoms with Crippen LogP contribution in [0.5, 0.6) is 0 Å². The molecule has 0 spiro atoms. The molecular formula is C13H17NO4. The van der Waals surface area contributed by atoms with Gasteiger partial charge in [-0.05, 0) is 38.5 Å². The minimum atomic E-state index is -1.08. The number of amides is 1. The molecule has 0 saturated heterocycles. The van der Waals surface area contributed by atoms with Gasteiger partial charge in [0.25, 0.3) is 0 Å². The molecule has 0 saturated carbocycles. The van der Waals surface area contributed by atoms with Crippen LogP contribution in [0.1, 0.15) is 36.7 Å². The molecule has 2 N–H and O–H groups in total. The topological polar surface area (TPSA) is 75.6 Å². The summed E-state index contributed by atoms with van der Waals surface area (Å²) in [7, 11) is 0. The van der Waals surface area contributed by atoms with Crippen molar-refractivity contribution in [1.29, 1.82) is 0 Å². The van der Waals surface area contributed by atoms with Crippen LogP contribution in [0.25, 0.3) is 0 Å². The lowest BCUT2D eigenvalue weighted by molar-refractivity contribution is 0.00694. The number of hydrogen-bond donors (Lipinski definition) is 2. The number of ether oxygens (including phenoxy) is 1. The molecule has 0 atom stereocenters. The first-order valence-electron chi connectivity index (χ1n) is 5.57. The Morgan fingerprint density at radius 2 is 1.78 bits per heavy atom. The van der Waals surface area contributed by atoms with Crippen LogP contribution in [0.3, 0.4) is 0 Å². The zero-order valence-corrected chi connectivity index (χ0v) is 10.7. The van der Waals surface area contributed by atoms with E-state index in [2.05, 4.69) is 5.32 Å². The molecule has 0 aliphatic rings. The van der Waals surface area contributed by atoms with Crippen molar-refractivity contribution < 1.29 is 19.4 Å². The van der Waals surface area contributed by atoms with Gasteiger partial charge in [-0.15, -0.1) is 0 Å². The van der Waals surface area contributed by atoms with E-state index in [0.29, 0.717) is 5.56 Å². The summed E-state index contributed by atoms with van der Waals surface area (Å²) in [4.78, 5) is 22.0. The number of carbonyl (C=O) groups is 2. The molecule has 0 unspecified atom stereocenters. The highest BCUT2D eigenvalue weighted by Gasteiger charge is 2.17. The molecule has 0 bridgehead atoms. The maximum Gasteiger partial charge on any atom is 0.404 e. The highest BCUT2D eigenvalue weighted by molar-refractivity contribution is 5.89. The number of esters is 1. The van der Waals surface area contributed by atoms with Crippen LogP contribution in [-0.4, -0.2) is 22.8 Å². The van der Waals surface area contributed by atoms with Gasteiger partial charge in [-0.1, -0.05) is 12.1 Å². The zero-order chi connectivity index (χ0) is 13.8. The first kappa shape index (κ1) is 14.0. The monoisotopic (exact) mass is 251 g/mol. The fraction of sp³-hybridized carbons (Fsp3) is 0.385. The third-order valence-electron chi connectivity index (χ3n) is 2.03. The average Bonchev–Trinajstić information content (AvgIpc) is 2.24. The summed E-state index contributed by atoms with van der Waals surface area (Å²) in [6.45, 7) is 5.62. The van der Waals surface area contributed by atoms with Crippen LogP contribution in [0.2, 0.25) is 0 Å². The van der Waals surface area contributed by atoms with E-state index < -0.39 is 11.7 Å². The maximum atomic E-state index is 11.7. The van der Waals surface area contributed by atoms with E-state index >= 15 is 0 Å². The van der Waals surface area contributed by atoms with E-state index in [9.17, 15) is 9.59 Å². The zero-order valence-electron chi connectivity index (χ0n) is 10.7. The van der Waals surface area contributed by atoms with Gasteiger partial charge < -0.3 is 15.2 Å². The summed E-state index contributed by atoms with van der Waals surface area (Å²) in [5.74, 6) is -0.389. The molecule has 18 heavy (non-hydrogen) atoms. The average molecular weight is 251 g/mol. The van der Waals surface area contributed by atoms with Crippen molar-refractivity contribution in [3.05, 3.63) is 35.4 Å². The van der Waals surface area contributed by atoms with Gasteiger partial charge in [0.05, 0.1) is 5.56 Å². The van der Waals surface area contributed by atoms with E-state index in [1.54, 1.807) is 45.0 Å². The maximum absolute atomic E-state index is 11.7. The number of nitrogens with one attached hydrogen (secondary N) is 1. The Morgan fingerprint density at radius 1 is 1.22 bits per heavy atom. The number of rotatable bonds is 3. The van der Waals surface area contributed by atoms with Crippen LogP contribution in [0, 0.1) is 0 Å². The molecule has 5 heteroatoms. The Labute approximate surface area is 106 Å². The molecule has 0 radical (unpaired) electrons. The number of carbonyl (C=O) groups excluding carboxylic acids is 1. The Morgan fingerprint density at radius 3 is 2.22 bits per heavy atom. The molecule has 1 aromatic carbocycles. The Bertz CT molecular complexity index is 431. The van der Waals surface area contributed by atoms with Gasteiger partial charge >= 0.3 is 12.1 Å². The van der Waals surface area contributed by atoms with Crippen LogP contribution >= 0.6 is 0 Å². The van der Waals surface area contributed by atoms with Crippen molar-refractivity contribution in [3.63, 3.8) is 0 Å². The molecule has 1 amide bonds. The van der Waals surface area contributed by atoms with Crippen LogP contribution in [-0.2, 0) is 11.3 Å². The standard InChI is InChI=1S/C13H17NO4/c1-13(2,3)18-11(15)10-6-4-9(5-7-10)8-14-12(16)17/h4-7,14H,8H2,1-3H3,(H,16,17). The Balaban J connectivity index is 2.65. The van der Waals surface area contributed by atoms with Gasteiger partial charge in [0.2, 0.25) is 0 Å². The second kappa shape index (κ2) is 5.53. The first-order valence-corrected chi connectivity index (χ1v) is 5.57. The lowest BCUT2D eigenvalue weighted by Crippen LogP contribution is -2.24. The second-order valence-electron chi connectivity index (χ2n) is 4.86. The molecule has 0 aromatic heterocycles. The van der Waals surface area contributed by atoms with E-state index in [1.807, 2.05) is 0 Å². The van der Waals surface area contributed by atoms with Crippen molar-refractivity contribution in [2.24, 2.45) is 0 Å². The third-order valence-corrected chi connectivity index (χ3v) is 2.03. The summed E-state index contributed by atoms with van der Waals surface area (Å²) in [5.41, 5.74) is 0.703. The highest BCUT2D eigenvalue weighted by Crippen LogP contribution is 2.12. The molecule has 0 aliphatic heterocycles. The lowest BCUT2D eigenvalue weighted by atomic mass is 10.1. The highest BCUT2D eigenvalue weighted by atomic mass is 16.6. The van der Waals surface area contributed by atoms with E-state index in [-0.39, 0.29) is 12.5 Å². The van der Waals surface area contributed by atoms with Gasteiger partial charge in [0.1, 0.15) is 5.60 Å². The van der Waals surface area contributed by atoms with E-state index in [0.717, 1.165) is 5.56 Å². The van der Waals surface area contributed by atoms with Gasteiger partial charge in [0.15, 0.2) is 0 Å². The van der Waals surface area contributed by atoms with Crippen molar-refractivity contribution in [3.8, 4) is 0 Å². The van der Waals surface area contributed by atoms with Crippen molar-refractivity contribution in [2.75, 3.05) is 0 Å². The molecule has 1 aromatic rings.